The van der Waals surface area contributed by atoms with Crippen molar-refractivity contribution in [2.75, 3.05) is 0 Å². The minimum absolute atomic E-state index is 0.0417. The highest BCUT2D eigenvalue weighted by molar-refractivity contribution is 5.88. The smallest absolute Gasteiger partial charge is 0.239 e. The molecule has 0 rings (SSSR count). The van der Waals surface area contributed by atoms with E-state index in [9.17, 15) is 9.59 Å². The topological polar surface area (TPSA) is 98.2 Å². The van der Waals surface area contributed by atoms with E-state index in [-0.39, 0.29) is 11.8 Å². The van der Waals surface area contributed by atoms with Gasteiger partial charge in [0.2, 0.25) is 11.8 Å². The molecular formula is C8H17N3O2. The first-order valence-corrected chi connectivity index (χ1v) is 4.21. The molecule has 0 saturated heterocycles. The van der Waals surface area contributed by atoms with E-state index in [2.05, 4.69) is 5.32 Å². The Morgan fingerprint density at radius 3 is 2.00 bits per heavy atom. The number of amides is 2. The summed E-state index contributed by atoms with van der Waals surface area (Å²) in [5.74, 6) is -0.870. The third kappa shape index (κ3) is 3.89. The molecule has 0 heterocycles. The zero-order valence-corrected chi connectivity index (χ0v) is 8.20. The number of rotatable bonds is 4. The Kier molecular flexibility index (Phi) is 4.40. The summed E-state index contributed by atoms with van der Waals surface area (Å²) in [5.41, 5.74) is 10.5. The molecule has 2 atom stereocenters. The Morgan fingerprint density at radius 2 is 1.69 bits per heavy atom. The Hall–Kier alpha value is -1.10. The second-order valence-electron chi connectivity index (χ2n) is 3.40. The summed E-state index contributed by atoms with van der Waals surface area (Å²) in [6, 6.07) is -1.26. The van der Waals surface area contributed by atoms with Crippen molar-refractivity contribution in [2.45, 2.75) is 32.9 Å². The molecule has 0 fully saturated rings. The average molecular weight is 187 g/mol. The van der Waals surface area contributed by atoms with Crippen LogP contribution in [0.25, 0.3) is 0 Å². The van der Waals surface area contributed by atoms with Gasteiger partial charge >= 0.3 is 0 Å². The maximum Gasteiger partial charge on any atom is 0.239 e. The van der Waals surface area contributed by atoms with Crippen LogP contribution in [-0.4, -0.2) is 23.9 Å². The molecular weight excluding hydrogens is 170 g/mol. The van der Waals surface area contributed by atoms with E-state index < -0.39 is 18.0 Å². The van der Waals surface area contributed by atoms with Gasteiger partial charge in [-0.15, -0.1) is 0 Å². The van der Waals surface area contributed by atoms with Gasteiger partial charge in [0, 0.05) is 0 Å². The molecule has 76 valence electrons. The van der Waals surface area contributed by atoms with Crippen LogP contribution in [0.4, 0.5) is 0 Å². The Bertz CT molecular complexity index is 204. The molecule has 0 aliphatic carbocycles. The van der Waals surface area contributed by atoms with Crippen molar-refractivity contribution in [3.05, 3.63) is 0 Å². The van der Waals surface area contributed by atoms with Gasteiger partial charge in [-0.3, -0.25) is 9.59 Å². The molecule has 0 bridgehead atoms. The van der Waals surface area contributed by atoms with Crippen molar-refractivity contribution in [3.63, 3.8) is 0 Å². The fraction of sp³-hybridized carbons (Fsp3) is 0.750. The van der Waals surface area contributed by atoms with E-state index >= 15 is 0 Å². The number of carbonyl (C=O) groups is 2. The number of nitrogens with two attached hydrogens (primary N) is 2. The normalized spacial score (nSPS) is 15.2. The summed E-state index contributed by atoms with van der Waals surface area (Å²) in [5, 5.41) is 2.42. The van der Waals surface area contributed by atoms with Crippen LogP contribution < -0.4 is 16.8 Å². The summed E-state index contributed by atoms with van der Waals surface area (Å²) in [4.78, 5) is 21.8. The van der Waals surface area contributed by atoms with Crippen LogP contribution in [-0.2, 0) is 9.59 Å². The molecule has 5 N–H and O–H groups in total. The quantitative estimate of drug-likeness (QED) is 0.524. The van der Waals surface area contributed by atoms with Crippen molar-refractivity contribution in [2.24, 2.45) is 17.4 Å². The van der Waals surface area contributed by atoms with Gasteiger partial charge < -0.3 is 16.8 Å². The lowest BCUT2D eigenvalue weighted by molar-refractivity contribution is -0.128. The van der Waals surface area contributed by atoms with E-state index in [4.69, 9.17) is 11.5 Å². The molecule has 2 amide bonds. The average Bonchev–Trinajstić information content (AvgIpc) is 2.02. The van der Waals surface area contributed by atoms with Crippen LogP contribution in [0, 0.1) is 5.92 Å². The fourth-order valence-electron chi connectivity index (χ4n) is 0.683. The van der Waals surface area contributed by atoms with Crippen molar-refractivity contribution in [3.8, 4) is 0 Å². The summed E-state index contributed by atoms with van der Waals surface area (Å²) < 4.78 is 0. The van der Waals surface area contributed by atoms with E-state index in [1.165, 1.54) is 6.92 Å². The minimum atomic E-state index is -0.669. The van der Waals surface area contributed by atoms with E-state index in [0.717, 1.165) is 0 Å². The first-order valence-electron chi connectivity index (χ1n) is 4.21. The fourth-order valence-corrected chi connectivity index (χ4v) is 0.683. The molecule has 0 aromatic rings. The number of hydrogen-bond donors (Lipinski definition) is 3. The van der Waals surface area contributed by atoms with Crippen molar-refractivity contribution in [1.29, 1.82) is 0 Å². The zero-order valence-electron chi connectivity index (χ0n) is 8.20. The van der Waals surface area contributed by atoms with Crippen molar-refractivity contribution >= 4 is 11.8 Å². The van der Waals surface area contributed by atoms with Crippen LogP contribution in [0.3, 0.4) is 0 Å². The number of hydrogen-bond acceptors (Lipinski definition) is 3. The summed E-state index contributed by atoms with van der Waals surface area (Å²) in [6.07, 6.45) is 0. The van der Waals surface area contributed by atoms with Gasteiger partial charge in [-0.25, -0.2) is 0 Å². The first-order chi connectivity index (χ1) is 5.86. The molecule has 0 aromatic heterocycles. The van der Waals surface area contributed by atoms with Crippen LogP contribution >= 0.6 is 0 Å². The molecule has 0 aliphatic rings. The van der Waals surface area contributed by atoms with E-state index in [0.29, 0.717) is 0 Å². The van der Waals surface area contributed by atoms with Gasteiger partial charge in [0.1, 0.15) is 6.04 Å². The Labute approximate surface area is 77.8 Å². The lowest BCUT2D eigenvalue weighted by Gasteiger charge is -2.17. The van der Waals surface area contributed by atoms with Gasteiger partial charge in [0.15, 0.2) is 0 Å². The molecule has 1 unspecified atom stereocenters. The predicted octanol–water partition coefficient (Wildman–Crippen LogP) is -1.04. The third-order valence-corrected chi connectivity index (χ3v) is 1.81. The van der Waals surface area contributed by atoms with Crippen LogP contribution in [0.1, 0.15) is 20.8 Å². The van der Waals surface area contributed by atoms with Gasteiger partial charge in [-0.05, 0) is 12.8 Å². The second kappa shape index (κ2) is 4.81. The summed E-state index contributed by atoms with van der Waals surface area (Å²) in [7, 11) is 0. The maximum absolute atomic E-state index is 11.3. The largest absolute Gasteiger partial charge is 0.368 e. The standard InChI is InChI=1S/C8H17N3O2/c1-4(2)6(9)8(13)11-5(3)7(10)12/h4-6H,9H2,1-3H3,(H2,10,12)(H,11,13)/t5?,6-/m0/s1. The Balaban J connectivity index is 4.08. The van der Waals surface area contributed by atoms with E-state index in [1.54, 1.807) is 0 Å². The number of nitrogens with one attached hydrogen (secondary N) is 1. The highest BCUT2D eigenvalue weighted by Crippen LogP contribution is 1.98. The first kappa shape index (κ1) is 11.9. The minimum Gasteiger partial charge on any atom is -0.368 e. The zero-order chi connectivity index (χ0) is 10.6. The van der Waals surface area contributed by atoms with Gasteiger partial charge in [-0.1, -0.05) is 13.8 Å². The third-order valence-electron chi connectivity index (χ3n) is 1.81. The van der Waals surface area contributed by atoms with Gasteiger partial charge in [-0.2, -0.15) is 0 Å². The monoisotopic (exact) mass is 187 g/mol. The lowest BCUT2D eigenvalue weighted by atomic mass is 10.0. The highest BCUT2D eigenvalue weighted by Gasteiger charge is 2.20. The number of carbonyl (C=O) groups excluding carboxylic acids is 2. The van der Waals surface area contributed by atoms with Crippen molar-refractivity contribution < 1.29 is 9.59 Å². The molecule has 0 aliphatic heterocycles. The molecule has 0 spiro atoms. The maximum atomic E-state index is 11.3. The highest BCUT2D eigenvalue weighted by atomic mass is 16.2. The predicted molar refractivity (Wildman–Crippen MR) is 49.6 cm³/mol. The van der Waals surface area contributed by atoms with E-state index in [1.807, 2.05) is 13.8 Å². The second-order valence-corrected chi connectivity index (χ2v) is 3.40. The molecule has 0 saturated carbocycles. The number of primary amides is 1. The van der Waals surface area contributed by atoms with Crippen LogP contribution in [0.2, 0.25) is 0 Å². The molecule has 13 heavy (non-hydrogen) atoms. The van der Waals surface area contributed by atoms with Gasteiger partial charge in [0.05, 0.1) is 6.04 Å². The molecule has 5 nitrogen and oxygen atoms in total. The summed E-state index contributed by atoms with van der Waals surface area (Å²) in [6.45, 7) is 5.19. The summed E-state index contributed by atoms with van der Waals surface area (Å²) >= 11 is 0. The molecule has 5 heteroatoms. The Morgan fingerprint density at radius 1 is 1.23 bits per heavy atom. The van der Waals surface area contributed by atoms with Gasteiger partial charge in [0.25, 0.3) is 0 Å². The van der Waals surface area contributed by atoms with Crippen LogP contribution in [0.15, 0.2) is 0 Å². The lowest BCUT2D eigenvalue weighted by Crippen LogP contribution is -2.50. The van der Waals surface area contributed by atoms with Crippen LogP contribution in [0.5, 0.6) is 0 Å². The molecule has 0 aromatic carbocycles. The molecule has 0 radical (unpaired) electrons. The van der Waals surface area contributed by atoms with Crippen molar-refractivity contribution in [1.82, 2.24) is 5.32 Å². The SMILES string of the molecule is CC(NC(=O)[C@@H](N)C(C)C)C(N)=O.